The molecule has 0 radical (unpaired) electrons. The first-order valence-corrected chi connectivity index (χ1v) is 5.53. The molecule has 0 saturated heterocycles. The van der Waals surface area contributed by atoms with Crippen LogP contribution in [0.2, 0.25) is 0 Å². The number of aliphatic carboxylic acids is 1. The quantitative estimate of drug-likeness (QED) is 0.717. The Morgan fingerprint density at radius 1 is 1.50 bits per heavy atom. The summed E-state index contributed by atoms with van der Waals surface area (Å²) < 4.78 is 0. The molecule has 0 spiro atoms. The van der Waals surface area contributed by atoms with E-state index in [-0.39, 0.29) is 22.9 Å². The summed E-state index contributed by atoms with van der Waals surface area (Å²) in [5.41, 5.74) is -0.00968. The molecule has 4 heteroatoms. The van der Waals surface area contributed by atoms with Crippen molar-refractivity contribution in [2.24, 2.45) is 17.3 Å². The van der Waals surface area contributed by atoms with Gasteiger partial charge in [0.2, 0.25) is 5.91 Å². The minimum Gasteiger partial charge on any atom is -0.477 e. The second-order valence-electron chi connectivity index (χ2n) is 4.91. The van der Waals surface area contributed by atoms with Gasteiger partial charge in [-0.1, -0.05) is 26.8 Å². The lowest BCUT2D eigenvalue weighted by molar-refractivity contribution is -0.135. The van der Waals surface area contributed by atoms with Crippen LogP contribution in [0.25, 0.3) is 0 Å². The van der Waals surface area contributed by atoms with Crippen LogP contribution in [0.3, 0.4) is 0 Å². The number of carbonyl (C=O) groups is 2. The molecule has 4 nitrogen and oxygen atoms in total. The molecule has 1 fully saturated rings. The van der Waals surface area contributed by atoms with Gasteiger partial charge in [-0.15, -0.1) is 0 Å². The molecule has 0 bridgehead atoms. The number of carboxylic acids is 1. The van der Waals surface area contributed by atoms with Crippen LogP contribution in [-0.4, -0.2) is 17.0 Å². The molecule has 0 aliphatic heterocycles. The molecule has 90 valence electrons. The smallest absolute Gasteiger partial charge is 0.352 e. The normalized spacial score (nSPS) is 29.1. The van der Waals surface area contributed by atoms with Crippen molar-refractivity contribution in [1.29, 1.82) is 0 Å². The Balaban J connectivity index is 2.60. The number of rotatable bonds is 4. The van der Waals surface area contributed by atoms with Crippen LogP contribution < -0.4 is 5.32 Å². The van der Waals surface area contributed by atoms with Gasteiger partial charge < -0.3 is 10.4 Å². The van der Waals surface area contributed by atoms with Crippen LogP contribution in [0.15, 0.2) is 11.8 Å². The zero-order valence-electron chi connectivity index (χ0n) is 10.2. The van der Waals surface area contributed by atoms with E-state index in [9.17, 15) is 9.59 Å². The van der Waals surface area contributed by atoms with E-state index in [1.54, 1.807) is 6.92 Å². The molecule has 0 aromatic heterocycles. The standard InChI is InChI=1S/C12H19NO3/c1-5-9(11(15)16)13-10(14)8-6-12(8,4)7(2)3/h5,7-8H,6H2,1-4H3,(H,13,14)(H,15,16)/b9-5+. The third kappa shape index (κ3) is 2.26. The third-order valence-electron chi connectivity index (χ3n) is 3.69. The Labute approximate surface area is 95.7 Å². The van der Waals surface area contributed by atoms with Gasteiger partial charge in [0.05, 0.1) is 0 Å². The highest BCUT2D eigenvalue weighted by Gasteiger charge is 2.56. The van der Waals surface area contributed by atoms with Crippen molar-refractivity contribution in [3.8, 4) is 0 Å². The van der Waals surface area contributed by atoms with E-state index in [1.807, 2.05) is 0 Å². The molecule has 2 N–H and O–H groups in total. The van der Waals surface area contributed by atoms with Crippen LogP contribution in [-0.2, 0) is 9.59 Å². The monoisotopic (exact) mass is 225 g/mol. The van der Waals surface area contributed by atoms with Gasteiger partial charge in [-0.2, -0.15) is 0 Å². The molecule has 0 aromatic carbocycles. The highest BCUT2D eigenvalue weighted by Crippen LogP contribution is 2.57. The summed E-state index contributed by atoms with van der Waals surface area (Å²) in [7, 11) is 0. The second kappa shape index (κ2) is 4.28. The molecule has 1 saturated carbocycles. The van der Waals surface area contributed by atoms with E-state index < -0.39 is 5.97 Å². The fourth-order valence-electron chi connectivity index (χ4n) is 1.88. The minimum atomic E-state index is -1.09. The van der Waals surface area contributed by atoms with Crippen LogP contribution in [0.4, 0.5) is 0 Å². The van der Waals surface area contributed by atoms with Crippen molar-refractivity contribution in [3.05, 3.63) is 11.8 Å². The summed E-state index contributed by atoms with van der Waals surface area (Å²) in [6, 6.07) is 0. The molecular weight excluding hydrogens is 206 g/mol. The summed E-state index contributed by atoms with van der Waals surface area (Å²) in [5.74, 6) is -0.890. The fourth-order valence-corrected chi connectivity index (χ4v) is 1.88. The SMILES string of the molecule is C/C=C(/NC(=O)C1CC1(C)C(C)C)C(=O)O. The number of hydrogen-bond donors (Lipinski definition) is 2. The van der Waals surface area contributed by atoms with E-state index in [0.29, 0.717) is 5.92 Å². The molecule has 0 heterocycles. The number of carbonyl (C=O) groups excluding carboxylic acids is 1. The highest BCUT2D eigenvalue weighted by atomic mass is 16.4. The van der Waals surface area contributed by atoms with E-state index in [2.05, 4.69) is 26.1 Å². The van der Waals surface area contributed by atoms with Crippen molar-refractivity contribution >= 4 is 11.9 Å². The van der Waals surface area contributed by atoms with Crippen LogP contribution in [0.5, 0.6) is 0 Å². The van der Waals surface area contributed by atoms with Gasteiger partial charge in [0.15, 0.2) is 0 Å². The van der Waals surface area contributed by atoms with Gasteiger partial charge in [-0.3, -0.25) is 4.79 Å². The van der Waals surface area contributed by atoms with Crippen LogP contribution in [0, 0.1) is 17.3 Å². The first-order chi connectivity index (χ1) is 7.32. The number of nitrogens with one attached hydrogen (secondary N) is 1. The maximum atomic E-state index is 11.8. The molecule has 1 rings (SSSR count). The molecule has 1 aliphatic rings. The molecule has 2 unspecified atom stereocenters. The van der Waals surface area contributed by atoms with Crippen molar-refractivity contribution in [2.75, 3.05) is 0 Å². The predicted molar refractivity (Wildman–Crippen MR) is 60.6 cm³/mol. The molecule has 2 atom stereocenters. The molecular formula is C12H19NO3. The highest BCUT2D eigenvalue weighted by molar-refractivity contribution is 5.94. The van der Waals surface area contributed by atoms with Gasteiger partial charge >= 0.3 is 5.97 Å². The lowest BCUT2D eigenvalue weighted by atomic mass is 9.92. The Kier molecular flexibility index (Phi) is 3.41. The summed E-state index contributed by atoms with van der Waals surface area (Å²) in [6.45, 7) is 7.83. The van der Waals surface area contributed by atoms with E-state index >= 15 is 0 Å². The maximum absolute atomic E-state index is 11.8. The molecule has 1 aliphatic carbocycles. The predicted octanol–water partition coefficient (Wildman–Crippen LogP) is 1.77. The van der Waals surface area contributed by atoms with Gasteiger partial charge in [0.25, 0.3) is 0 Å². The maximum Gasteiger partial charge on any atom is 0.352 e. The van der Waals surface area contributed by atoms with E-state index in [4.69, 9.17) is 5.11 Å². The summed E-state index contributed by atoms with van der Waals surface area (Å²) in [4.78, 5) is 22.5. The Bertz CT molecular complexity index is 346. The summed E-state index contributed by atoms with van der Waals surface area (Å²) in [5, 5.41) is 11.2. The number of carboxylic acid groups (broad SMARTS) is 1. The van der Waals surface area contributed by atoms with Crippen molar-refractivity contribution in [3.63, 3.8) is 0 Å². The Morgan fingerprint density at radius 3 is 2.38 bits per heavy atom. The third-order valence-corrected chi connectivity index (χ3v) is 3.69. The number of hydrogen-bond acceptors (Lipinski definition) is 2. The largest absolute Gasteiger partial charge is 0.477 e. The lowest BCUT2D eigenvalue weighted by Gasteiger charge is -2.15. The molecule has 16 heavy (non-hydrogen) atoms. The van der Waals surface area contributed by atoms with Crippen molar-refractivity contribution in [2.45, 2.75) is 34.1 Å². The van der Waals surface area contributed by atoms with Gasteiger partial charge in [-0.05, 0) is 24.7 Å². The van der Waals surface area contributed by atoms with Gasteiger partial charge in [0.1, 0.15) is 5.70 Å². The van der Waals surface area contributed by atoms with Crippen molar-refractivity contribution in [1.82, 2.24) is 5.32 Å². The summed E-state index contributed by atoms with van der Waals surface area (Å²) >= 11 is 0. The molecule has 1 amide bonds. The van der Waals surface area contributed by atoms with Crippen LogP contribution in [0.1, 0.15) is 34.1 Å². The average molecular weight is 225 g/mol. The van der Waals surface area contributed by atoms with E-state index in [1.165, 1.54) is 6.08 Å². The zero-order chi connectivity index (χ0) is 12.5. The zero-order valence-corrected chi connectivity index (χ0v) is 10.2. The van der Waals surface area contributed by atoms with Crippen molar-refractivity contribution < 1.29 is 14.7 Å². The van der Waals surface area contributed by atoms with Crippen LogP contribution >= 0.6 is 0 Å². The summed E-state index contributed by atoms with van der Waals surface area (Å²) in [6.07, 6.45) is 2.24. The Hall–Kier alpha value is -1.32. The van der Waals surface area contributed by atoms with Gasteiger partial charge in [-0.25, -0.2) is 4.79 Å². The average Bonchev–Trinajstić information content (AvgIpc) is 2.88. The Morgan fingerprint density at radius 2 is 2.06 bits per heavy atom. The first-order valence-electron chi connectivity index (χ1n) is 5.53. The number of amides is 1. The molecule has 0 aromatic rings. The minimum absolute atomic E-state index is 0.0292. The van der Waals surface area contributed by atoms with Gasteiger partial charge in [0, 0.05) is 5.92 Å². The second-order valence-corrected chi connectivity index (χ2v) is 4.91. The number of allylic oxidation sites excluding steroid dienone is 1. The first kappa shape index (κ1) is 12.7. The lowest BCUT2D eigenvalue weighted by Crippen LogP contribution is -2.30. The topological polar surface area (TPSA) is 66.4 Å². The van der Waals surface area contributed by atoms with E-state index in [0.717, 1.165) is 6.42 Å². The fraction of sp³-hybridized carbons (Fsp3) is 0.667.